The van der Waals surface area contributed by atoms with Crippen LogP contribution in [-0.2, 0) is 0 Å². The van der Waals surface area contributed by atoms with E-state index in [2.05, 4.69) is 15.9 Å². The molecule has 0 bridgehead atoms. The molecule has 0 spiro atoms. The number of carbonyl (C=O) groups excluding carboxylic acids is 1. The van der Waals surface area contributed by atoms with Gasteiger partial charge in [0, 0.05) is 0 Å². The Kier molecular flexibility index (Phi) is 3.70. The van der Waals surface area contributed by atoms with Crippen LogP contribution in [0.15, 0.2) is 46.9 Å². The maximum absolute atomic E-state index is 11.4. The van der Waals surface area contributed by atoms with E-state index in [-0.39, 0.29) is 5.91 Å². The van der Waals surface area contributed by atoms with E-state index in [1.54, 1.807) is 0 Å². The van der Waals surface area contributed by atoms with E-state index in [0.717, 1.165) is 20.0 Å². The molecule has 0 radical (unpaired) electrons. The van der Waals surface area contributed by atoms with Crippen molar-refractivity contribution < 1.29 is 4.79 Å². The predicted molar refractivity (Wildman–Crippen MR) is 76.3 cm³/mol. The van der Waals surface area contributed by atoms with Crippen LogP contribution in [0.4, 0.5) is 0 Å². The van der Waals surface area contributed by atoms with Crippen molar-refractivity contribution in [3.8, 4) is 11.1 Å². The molecule has 0 saturated carbocycles. The van der Waals surface area contributed by atoms with Crippen molar-refractivity contribution in [2.75, 3.05) is 0 Å². The molecule has 1 atom stereocenters. The number of hydrogen-bond donors (Lipinski definition) is 1. The average molecular weight is 352 g/mol. The van der Waals surface area contributed by atoms with Crippen LogP contribution in [0.25, 0.3) is 11.1 Å². The summed E-state index contributed by atoms with van der Waals surface area (Å²) in [6.45, 7) is 0. The summed E-state index contributed by atoms with van der Waals surface area (Å²) in [6.07, 6.45) is 0. The number of hydrogen-bond acceptors (Lipinski definition) is 1. The number of nitrogens with two attached hydrogens (primary N) is 1. The number of primary amides is 1. The van der Waals surface area contributed by atoms with Gasteiger partial charge in [-0.2, -0.15) is 0 Å². The standard InChI is InChI=1S/C13H11AsBrNO/c14-12-10(13(16)17)6-9(7-11(12)15)8-4-2-1-3-5-8/h1-7H,14H2,(H2,16,17). The second-order valence-corrected chi connectivity index (χ2v) is 5.72. The summed E-state index contributed by atoms with van der Waals surface area (Å²) in [5.41, 5.74) is 8.03. The fourth-order valence-electron chi connectivity index (χ4n) is 1.62. The van der Waals surface area contributed by atoms with Crippen molar-refractivity contribution >= 4 is 43.0 Å². The summed E-state index contributed by atoms with van der Waals surface area (Å²) in [6, 6.07) is 13.8. The third-order valence-electron chi connectivity index (χ3n) is 2.50. The molecular weight excluding hydrogens is 341 g/mol. The molecule has 0 heterocycles. The molecule has 0 aliphatic heterocycles. The maximum atomic E-state index is 11.4. The Morgan fingerprint density at radius 2 is 1.76 bits per heavy atom. The van der Waals surface area contributed by atoms with Crippen molar-refractivity contribution in [3.05, 3.63) is 52.5 Å². The van der Waals surface area contributed by atoms with E-state index >= 15 is 0 Å². The SMILES string of the molecule is NC(=O)c1cc(-c2ccccc2)cc(Br)c1[AsH2]. The van der Waals surface area contributed by atoms with Crippen LogP contribution in [0.5, 0.6) is 0 Å². The molecular formula is C13H11AsBrNO. The van der Waals surface area contributed by atoms with Gasteiger partial charge in [0.1, 0.15) is 0 Å². The molecule has 2 rings (SSSR count). The van der Waals surface area contributed by atoms with Gasteiger partial charge in [-0.25, -0.2) is 0 Å². The quantitative estimate of drug-likeness (QED) is 0.818. The van der Waals surface area contributed by atoms with Crippen LogP contribution in [0, 0.1) is 0 Å². The Labute approximate surface area is 117 Å². The molecule has 1 unspecified atom stereocenters. The molecule has 0 aliphatic rings. The Morgan fingerprint density at radius 3 is 2.35 bits per heavy atom. The fourth-order valence-corrected chi connectivity index (χ4v) is 2.73. The molecule has 86 valence electrons. The minimum absolute atomic E-state index is 0.386. The van der Waals surface area contributed by atoms with Gasteiger partial charge < -0.3 is 0 Å². The van der Waals surface area contributed by atoms with E-state index in [0.29, 0.717) is 5.56 Å². The number of benzene rings is 2. The van der Waals surface area contributed by atoms with Crippen molar-refractivity contribution in [1.29, 1.82) is 0 Å². The number of carbonyl (C=O) groups is 1. The van der Waals surface area contributed by atoms with Crippen molar-refractivity contribution in [3.63, 3.8) is 0 Å². The van der Waals surface area contributed by atoms with Crippen molar-refractivity contribution in [2.24, 2.45) is 5.73 Å². The molecule has 2 N–H and O–H groups in total. The third kappa shape index (κ3) is 2.62. The van der Waals surface area contributed by atoms with Gasteiger partial charge in [-0.3, -0.25) is 0 Å². The first-order valence-electron chi connectivity index (χ1n) is 5.04. The zero-order valence-corrected chi connectivity index (χ0v) is 13.0. The van der Waals surface area contributed by atoms with E-state index in [4.69, 9.17) is 5.73 Å². The fraction of sp³-hybridized carbons (Fsp3) is 0. The van der Waals surface area contributed by atoms with Crippen LogP contribution in [-0.4, -0.2) is 22.8 Å². The first-order chi connectivity index (χ1) is 8.09. The molecule has 0 aliphatic carbocycles. The van der Waals surface area contributed by atoms with Crippen LogP contribution in [0.1, 0.15) is 10.4 Å². The zero-order chi connectivity index (χ0) is 12.4. The van der Waals surface area contributed by atoms with E-state index in [1.807, 2.05) is 42.5 Å². The van der Waals surface area contributed by atoms with Gasteiger partial charge in [-0.05, 0) is 0 Å². The van der Waals surface area contributed by atoms with Crippen LogP contribution in [0.3, 0.4) is 0 Å². The Hall–Kier alpha value is -1.05. The summed E-state index contributed by atoms with van der Waals surface area (Å²) >= 11 is 4.86. The molecule has 17 heavy (non-hydrogen) atoms. The molecule has 2 nitrogen and oxygen atoms in total. The minimum atomic E-state index is -0.386. The van der Waals surface area contributed by atoms with Gasteiger partial charge >= 0.3 is 117 Å². The second-order valence-electron chi connectivity index (χ2n) is 3.65. The Bertz CT molecular complexity index is 569. The topological polar surface area (TPSA) is 43.1 Å². The molecule has 4 heteroatoms. The van der Waals surface area contributed by atoms with Gasteiger partial charge in [-0.15, -0.1) is 0 Å². The first-order valence-corrected chi connectivity index (χ1v) is 7.04. The average Bonchev–Trinajstić information content (AvgIpc) is 2.33. The summed E-state index contributed by atoms with van der Waals surface area (Å²) in [5.74, 6) is -0.386. The molecule has 0 fully saturated rings. The van der Waals surface area contributed by atoms with E-state index in [9.17, 15) is 4.79 Å². The van der Waals surface area contributed by atoms with Gasteiger partial charge in [0.15, 0.2) is 0 Å². The second kappa shape index (κ2) is 5.07. The molecule has 0 aromatic heterocycles. The molecule has 0 saturated heterocycles. The van der Waals surface area contributed by atoms with E-state index in [1.165, 1.54) is 16.9 Å². The summed E-state index contributed by atoms with van der Waals surface area (Å²) in [4.78, 5) is 11.4. The number of amides is 1. The predicted octanol–water partition coefficient (Wildman–Crippen LogP) is 1.47. The zero-order valence-electron chi connectivity index (χ0n) is 8.98. The van der Waals surface area contributed by atoms with Crippen LogP contribution < -0.4 is 10.1 Å². The van der Waals surface area contributed by atoms with E-state index < -0.39 is 0 Å². The summed E-state index contributed by atoms with van der Waals surface area (Å²) < 4.78 is 1.86. The first kappa shape index (κ1) is 12.4. The van der Waals surface area contributed by atoms with Gasteiger partial charge in [0.2, 0.25) is 0 Å². The molecule has 2 aromatic rings. The normalized spacial score (nSPS) is 10.2. The summed E-state index contributed by atoms with van der Waals surface area (Å²) in [7, 11) is 0. The summed E-state index contributed by atoms with van der Waals surface area (Å²) in [5, 5.41) is 0. The van der Waals surface area contributed by atoms with Crippen LogP contribution in [0.2, 0.25) is 0 Å². The van der Waals surface area contributed by atoms with Crippen molar-refractivity contribution in [1.82, 2.24) is 0 Å². The van der Waals surface area contributed by atoms with Gasteiger partial charge in [0.05, 0.1) is 0 Å². The Balaban J connectivity index is 2.61. The molecule has 1 amide bonds. The monoisotopic (exact) mass is 351 g/mol. The number of rotatable bonds is 2. The Morgan fingerprint density at radius 1 is 1.12 bits per heavy atom. The van der Waals surface area contributed by atoms with Crippen LogP contribution >= 0.6 is 15.9 Å². The number of halogens is 1. The van der Waals surface area contributed by atoms with Gasteiger partial charge in [0.25, 0.3) is 0 Å². The van der Waals surface area contributed by atoms with Crippen molar-refractivity contribution in [2.45, 2.75) is 0 Å². The molecule has 2 aromatic carbocycles. The van der Waals surface area contributed by atoms with Gasteiger partial charge in [-0.1, -0.05) is 0 Å². The third-order valence-corrected chi connectivity index (χ3v) is 5.35.